The topological polar surface area (TPSA) is 118 Å². The van der Waals surface area contributed by atoms with E-state index in [1.54, 1.807) is 18.2 Å². The predicted molar refractivity (Wildman–Crippen MR) is 97.2 cm³/mol. The van der Waals surface area contributed by atoms with Crippen molar-refractivity contribution < 1.29 is 31.5 Å². The van der Waals surface area contributed by atoms with Gasteiger partial charge in [0.2, 0.25) is 6.10 Å². The van der Waals surface area contributed by atoms with Crippen LogP contribution in [0.2, 0.25) is 0 Å². The molecule has 1 atom stereocenters. The summed E-state index contributed by atoms with van der Waals surface area (Å²) in [5.74, 6) is -1.49. The molecule has 2 aromatic rings. The van der Waals surface area contributed by atoms with Crippen LogP contribution in [0.3, 0.4) is 0 Å². The number of rotatable bonds is 5. The maximum Gasteiger partial charge on any atom is 0.346 e. The maximum atomic E-state index is 13.1. The summed E-state index contributed by atoms with van der Waals surface area (Å²) in [6.07, 6.45) is -1.41. The minimum atomic E-state index is -4.12. The van der Waals surface area contributed by atoms with Gasteiger partial charge in [0.1, 0.15) is 5.75 Å². The maximum absolute atomic E-state index is 13.1. The van der Waals surface area contributed by atoms with Crippen molar-refractivity contribution in [2.45, 2.75) is 22.8 Å². The van der Waals surface area contributed by atoms with Crippen LogP contribution in [0.5, 0.6) is 5.75 Å². The van der Waals surface area contributed by atoms with Gasteiger partial charge in [-0.15, -0.1) is 0 Å². The molecule has 0 amide bonds. The molecule has 0 radical (unpaired) electrons. The second-order valence-corrected chi connectivity index (χ2v) is 9.97. The van der Waals surface area contributed by atoms with E-state index >= 15 is 0 Å². The average Bonchev–Trinajstić information content (AvgIpc) is 2.67. The lowest BCUT2D eigenvalue weighted by Gasteiger charge is -2.34. The third-order valence-electron chi connectivity index (χ3n) is 4.15. The van der Waals surface area contributed by atoms with Gasteiger partial charge >= 0.3 is 5.97 Å². The Morgan fingerprint density at radius 2 is 1.78 bits per heavy atom. The van der Waals surface area contributed by atoms with E-state index in [1.807, 2.05) is 0 Å². The van der Waals surface area contributed by atoms with Crippen molar-refractivity contribution in [1.29, 1.82) is 0 Å². The second kappa shape index (κ2) is 6.86. The molecule has 0 aliphatic carbocycles. The van der Waals surface area contributed by atoms with Gasteiger partial charge in [0, 0.05) is 0 Å². The van der Waals surface area contributed by atoms with Crippen molar-refractivity contribution in [1.82, 2.24) is 0 Å². The number of carboxylic acids is 1. The second-order valence-electron chi connectivity index (χ2n) is 5.83. The van der Waals surface area contributed by atoms with E-state index in [9.17, 15) is 26.7 Å². The monoisotopic (exact) mass is 411 g/mol. The Morgan fingerprint density at radius 3 is 2.37 bits per heavy atom. The third kappa shape index (κ3) is 3.50. The first-order chi connectivity index (χ1) is 12.7. The zero-order valence-corrected chi connectivity index (χ0v) is 15.9. The first kappa shape index (κ1) is 19.2. The summed E-state index contributed by atoms with van der Waals surface area (Å²) in [6.45, 7) is 0.999. The zero-order valence-electron chi connectivity index (χ0n) is 14.3. The minimum Gasteiger partial charge on any atom is -0.478 e. The summed E-state index contributed by atoms with van der Waals surface area (Å²) in [6, 6.07) is 11.3. The highest BCUT2D eigenvalue weighted by atomic mass is 32.2. The van der Waals surface area contributed by atoms with Crippen LogP contribution in [0.15, 0.2) is 58.3 Å². The van der Waals surface area contributed by atoms with E-state index < -0.39 is 38.5 Å². The Bertz CT molecular complexity index is 1080. The molecule has 3 rings (SSSR count). The Hall–Kier alpha value is -2.59. The summed E-state index contributed by atoms with van der Waals surface area (Å²) in [5, 5.41) is 9.30. The molecule has 0 saturated carbocycles. The molecule has 8 nitrogen and oxygen atoms in total. The zero-order chi connectivity index (χ0) is 19.8. The van der Waals surface area contributed by atoms with Gasteiger partial charge in [-0.2, -0.15) is 0 Å². The first-order valence-corrected chi connectivity index (χ1v) is 11.1. The Morgan fingerprint density at radius 1 is 1.11 bits per heavy atom. The van der Waals surface area contributed by atoms with Gasteiger partial charge in [0.15, 0.2) is 9.84 Å². The van der Waals surface area contributed by atoms with Crippen LogP contribution >= 0.6 is 0 Å². The summed E-state index contributed by atoms with van der Waals surface area (Å²) in [7, 11) is -7.70. The first-order valence-electron chi connectivity index (χ1n) is 8.01. The fraction of sp³-hybridized carbons (Fsp3) is 0.235. The van der Waals surface area contributed by atoms with Gasteiger partial charge in [0.05, 0.1) is 27.8 Å². The van der Waals surface area contributed by atoms with E-state index in [1.165, 1.54) is 37.3 Å². The number of sulfonamides is 1. The number of ether oxygens (including phenoxy) is 1. The van der Waals surface area contributed by atoms with Crippen LogP contribution in [0.25, 0.3) is 0 Å². The number of fused-ring (bicyclic) bond motifs is 1. The molecular weight excluding hydrogens is 394 g/mol. The van der Waals surface area contributed by atoms with E-state index in [0.717, 1.165) is 4.31 Å². The highest BCUT2D eigenvalue weighted by molar-refractivity contribution is 7.93. The number of aliphatic carboxylic acids is 1. The summed E-state index contributed by atoms with van der Waals surface area (Å²) in [4.78, 5) is 11.3. The lowest BCUT2D eigenvalue weighted by Crippen LogP contribution is -2.47. The molecule has 0 spiro atoms. The van der Waals surface area contributed by atoms with Gasteiger partial charge in [-0.1, -0.05) is 25.1 Å². The summed E-state index contributed by atoms with van der Waals surface area (Å²) >= 11 is 0. The Kier molecular flexibility index (Phi) is 4.87. The van der Waals surface area contributed by atoms with E-state index in [-0.39, 0.29) is 27.0 Å². The van der Waals surface area contributed by atoms with Gasteiger partial charge in [-0.05, 0) is 30.3 Å². The lowest BCUT2D eigenvalue weighted by molar-refractivity contribution is -0.144. The van der Waals surface area contributed by atoms with Crippen molar-refractivity contribution in [3.63, 3.8) is 0 Å². The Balaban J connectivity index is 2.19. The molecule has 0 saturated heterocycles. The quantitative estimate of drug-likeness (QED) is 0.792. The standard InChI is InChI=1S/C17H17NO7S2/c1-2-26(21,22)13-8-9-15-14(10-13)18(11-16(25-15)17(19)20)27(23,24)12-6-4-3-5-7-12/h3-10,16H,2,11H2,1H3,(H,19,20)/t16-/m0/s1. The minimum absolute atomic E-state index is 0.00845. The number of carboxylic acid groups (broad SMARTS) is 1. The number of carbonyl (C=O) groups is 1. The number of benzene rings is 2. The molecule has 1 heterocycles. The van der Waals surface area contributed by atoms with Gasteiger partial charge < -0.3 is 9.84 Å². The Labute approximate surface area is 157 Å². The molecule has 0 bridgehead atoms. The molecule has 2 aromatic carbocycles. The number of nitrogens with zero attached hydrogens (tertiary/aromatic N) is 1. The van der Waals surface area contributed by atoms with Gasteiger partial charge in [0.25, 0.3) is 10.0 Å². The molecule has 1 aliphatic rings. The summed E-state index contributed by atoms with van der Waals surface area (Å²) < 4.78 is 56.8. The highest BCUT2D eigenvalue weighted by Crippen LogP contribution is 2.38. The molecule has 0 aromatic heterocycles. The predicted octanol–water partition coefficient (Wildman–Crippen LogP) is 1.52. The van der Waals surface area contributed by atoms with Crippen LogP contribution in [-0.4, -0.2) is 46.3 Å². The van der Waals surface area contributed by atoms with E-state index in [0.29, 0.717) is 0 Å². The molecule has 1 N–H and O–H groups in total. The SMILES string of the molecule is CCS(=O)(=O)c1ccc2c(c1)N(S(=O)(=O)c1ccccc1)C[C@@H](C(=O)O)O2. The van der Waals surface area contributed by atoms with Crippen LogP contribution < -0.4 is 9.04 Å². The summed E-state index contributed by atoms with van der Waals surface area (Å²) in [5.41, 5.74) is -0.00845. The third-order valence-corrected chi connectivity index (χ3v) is 7.67. The fourth-order valence-electron chi connectivity index (χ4n) is 2.67. The molecule has 27 heavy (non-hydrogen) atoms. The number of hydrogen-bond donors (Lipinski definition) is 1. The van der Waals surface area contributed by atoms with E-state index in [2.05, 4.69) is 0 Å². The number of hydrogen-bond acceptors (Lipinski definition) is 6. The van der Waals surface area contributed by atoms with Crippen molar-refractivity contribution in [2.75, 3.05) is 16.6 Å². The molecule has 144 valence electrons. The van der Waals surface area contributed by atoms with Crippen molar-refractivity contribution >= 4 is 31.5 Å². The molecule has 0 unspecified atom stereocenters. The van der Waals surface area contributed by atoms with Crippen molar-refractivity contribution in [2.24, 2.45) is 0 Å². The molecule has 10 heteroatoms. The van der Waals surface area contributed by atoms with Crippen molar-refractivity contribution in [3.8, 4) is 5.75 Å². The smallest absolute Gasteiger partial charge is 0.346 e. The van der Waals surface area contributed by atoms with Crippen LogP contribution in [0, 0.1) is 0 Å². The van der Waals surface area contributed by atoms with Gasteiger partial charge in [-0.3, -0.25) is 4.31 Å². The van der Waals surface area contributed by atoms with Crippen LogP contribution in [-0.2, 0) is 24.7 Å². The molecular formula is C17H17NO7S2. The van der Waals surface area contributed by atoms with Crippen LogP contribution in [0.1, 0.15) is 6.92 Å². The van der Waals surface area contributed by atoms with E-state index in [4.69, 9.17) is 4.74 Å². The number of sulfone groups is 1. The lowest BCUT2D eigenvalue weighted by atomic mass is 10.2. The normalized spacial score (nSPS) is 17.1. The highest BCUT2D eigenvalue weighted by Gasteiger charge is 2.38. The molecule has 0 fully saturated rings. The van der Waals surface area contributed by atoms with Crippen LogP contribution in [0.4, 0.5) is 5.69 Å². The van der Waals surface area contributed by atoms with Gasteiger partial charge in [-0.25, -0.2) is 21.6 Å². The fourth-order valence-corrected chi connectivity index (χ4v) is 5.06. The largest absolute Gasteiger partial charge is 0.478 e. The number of anilines is 1. The average molecular weight is 411 g/mol. The molecule has 1 aliphatic heterocycles. The van der Waals surface area contributed by atoms with Crippen molar-refractivity contribution in [3.05, 3.63) is 48.5 Å².